The van der Waals surface area contributed by atoms with Crippen molar-refractivity contribution in [1.29, 1.82) is 0 Å². The molecule has 0 atom stereocenters. The minimum atomic E-state index is -1.35. The van der Waals surface area contributed by atoms with E-state index in [0.29, 0.717) is 5.69 Å². The number of azo groups is 1. The molecule has 0 spiro atoms. The Morgan fingerprint density at radius 3 is 2.19 bits per heavy atom. The molecule has 0 bridgehead atoms. The van der Waals surface area contributed by atoms with Crippen molar-refractivity contribution in [2.75, 3.05) is 4.90 Å². The Hall–Kier alpha value is -3.49. The number of aliphatic hydroxyl groups is 1. The first-order valence-corrected chi connectivity index (χ1v) is 7.63. The largest absolute Gasteiger partial charge is 0.479 e. The fraction of sp³-hybridized carbons (Fsp3) is 0.235. The highest BCUT2D eigenvalue weighted by Gasteiger charge is 2.39. The van der Waals surface area contributed by atoms with E-state index >= 15 is 0 Å². The third-order valence-corrected chi connectivity index (χ3v) is 3.63. The number of imide groups is 1. The number of hydrogen-bond acceptors (Lipinski definition) is 8. The average molecular weight is 357 g/mol. The van der Waals surface area contributed by atoms with Crippen molar-refractivity contribution in [1.82, 2.24) is 0 Å². The van der Waals surface area contributed by atoms with Crippen LogP contribution in [0.2, 0.25) is 0 Å². The summed E-state index contributed by atoms with van der Waals surface area (Å²) < 4.78 is 9.92. The first-order chi connectivity index (χ1) is 12.2. The molecule has 1 N–H and O–H groups in total. The number of carbonyl (C=O) groups is 3. The van der Waals surface area contributed by atoms with E-state index in [2.05, 4.69) is 10.2 Å². The van der Waals surface area contributed by atoms with Crippen molar-refractivity contribution in [2.24, 2.45) is 10.2 Å². The second kappa shape index (κ2) is 6.10. The quantitative estimate of drug-likeness (QED) is 0.504. The molecule has 0 aliphatic carbocycles. The monoisotopic (exact) mass is 357 g/mol. The normalized spacial score (nSPS) is 20.1. The van der Waals surface area contributed by atoms with Gasteiger partial charge in [0.2, 0.25) is 0 Å². The first-order valence-electron chi connectivity index (χ1n) is 7.63. The number of anilines is 1. The van der Waals surface area contributed by atoms with Crippen molar-refractivity contribution in [3.05, 3.63) is 53.2 Å². The van der Waals surface area contributed by atoms with E-state index in [9.17, 15) is 19.5 Å². The number of para-hydroxylation sites is 1. The summed E-state index contributed by atoms with van der Waals surface area (Å²) in [6.45, 7) is 4.28. The molecule has 2 aliphatic heterocycles. The molecule has 1 aromatic carbocycles. The van der Waals surface area contributed by atoms with Crippen LogP contribution in [-0.2, 0) is 23.9 Å². The van der Waals surface area contributed by atoms with E-state index < -0.39 is 35.2 Å². The van der Waals surface area contributed by atoms with Crippen LogP contribution in [0.3, 0.4) is 0 Å². The number of cyclic esters (lactones) is 1. The SMILES string of the molecule is CC1=C(N=NC2=C(O)OC(C)(C)OC2=O)C(=O)N(c2ccccc2)C1=O. The Labute approximate surface area is 148 Å². The third-order valence-electron chi connectivity index (χ3n) is 3.63. The molecule has 3 rings (SSSR count). The molecule has 0 aromatic heterocycles. The highest BCUT2D eigenvalue weighted by molar-refractivity contribution is 6.32. The van der Waals surface area contributed by atoms with Crippen LogP contribution >= 0.6 is 0 Å². The second-order valence-electron chi connectivity index (χ2n) is 6.00. The van der Waals surface area contributed by atoms with E-state index in [-0.39, 0.29) is 11.3 Å². The topological polar surface area (TPSA) is 118 Å². The summed E-state index contributed by atoms with van der Waals surface area (Å²) in [5.74, 6) is -4.31. The lowest BCUT2D eigenvalue weighted by Gasteiger charge is -2.28. The summed E-state index contributed by atoms with van der Waals surface area (Å²) in [5.41, 5.74) is -0.385. The molecule has 0 fully saturated rings. The fourth-order valence-corrected chi connectivity index (χ4v) is 2.40. The maximum absolute atomic E-state index is 12.5. The minimum Gasteiger partial charge on any atom is -0.479 e. The molecule has 2 amide bonds. The van der Waals surface area contributed by atoms with Gasteiger partial charge in [0.25, 0.3) is 23.3 Å². The Morgan fingerprint density at radius 2 is 1.58 bits per heavy atom. The van der Waals surface area contributed by atoms with Crippen LogP contribution in [0.1, 0.15) is 20.8 Å². The summed E-state index contributed by atoms with van der Waals surface area (Å²) in [6.07, 6.45) is 0. The van der Waals surface area contributed by atoms with E-state index in [4.69, 9.17) is 9.47 Å². The van der Waals surface area contributed by atoms with Crippen molar-refractivity contribution >= 4 is 23.5 Å². The maximum atomic E-state index is 12.5. The number of nitrogens with zero attached hydrogens (tertiary/aromatic N) is 3. The Morgan fingerprint density at radius 1 is 0.962 bits per heavy atom. The Balaban J connectivity index is 1.91. The number of amides is 2. The zero-order valence-corrected chi connectivity index (χ0v) is 14.2. The van der Waals surface area contributed by atoms with Crippen molar-refractivity contribution in [3.8, 4) is 0 Å². The smallest absolute Gasteiger partial charge is 0.369 e. The van der Waals surface area contributed by atoms with E-state index in [1.165, 1.54) is 20.8 Å². The van der Waals surface area contributed by atoms with Crippen LogP contribution in [0.15, 0.2) is 63.5 Å². The Kier molecular flexibility index (Phi) is 4.07. The summed E-state index contributed by atoms with van der Waals surface area (Å²) in [7, 11) is 0. The molecule has 0 unspecified atom stereocenters. The molecule has 0 saturated heterocycles. The lowest BCUT2D eigenvalue weighted by Crippen LogP contribution is -2.36. The molecule has 0 radical (unpaired) electrons. The van der Waals surface area contributed by atoms with Crippen LogP contribution < -0.4 is 4.90 Å². The minimum absolute atomic E-state index is 0.0631. The van der Waals surface area contributed by atoms with Gasteiger partial charge in [-0.2, -0.15) is 0 Å². The van der Waals surface area contributed by atoms with Gasteiger partial charge in [0.05, 0.1) is 5.69 Å². The number of benzene rings is 1. The first kappa shape index (κ1) is 17.3. The Bertz CT molecular complexity index is 898. The van der Waals surface area contributed by atoms with Crippen LogP contribution in [0.25, 0.3) is 0 Å². The van der Waals surface area contributed by atoms with Gasteiger partial charge in [-0.15, -0.1) is 10.2 Å². The molecule has 9 heteroatoms. The van der Waals surface area contributed by atoms with Crippen LogP contribution in [0.4, 0.5) is 5.69 Å². The summed E-state index contributed by atoms with van der Waals surface area (Å²) in [4.78, 5) is 37.7. The van der Waals surface area contributed by atoms with Gasteiger partial charge < -0.3 is 14.6 Å². The lowest BCUT2D eigenvalue weighted by molar-refractivity contribution is -0.222. The van der Waals surface area contributed by atoms with Gasteiger partial charge >= 0.3 is 11.9 Å². The van der Waals surface area contributed by atoms with Crippen LogP contribution in [0.5, 0.6) is 0 Å². The summed E-state index contributed by atoms with van der Waals surface area (Å²) >= 11 is 0. The molecule has 1 aromatic rings. The number of esters is 1. The van der Waals surface area contributed by atoms with Gasteiger partial charge in [-0.05, 0) is 19.1 Å². The predicted molar refractivity (Wildman–Crippen MR) is 87.4 cm³/mol. The van der Waals surface area contributed by atoms with Gasteiger partial charge in [0, 0.05) is 19.4 Å². The van der Waals surface area contributed by atoms with E-state index in [0.717, 1.165) is 4.90 Å². The second-order valence-corrected chi connectivity index (χ2v) is 6.00. The highest BCUT2D eigenvalue weighted by Crippen LogP contribution is 2.29. The molecule has 26 heavy (non-hydrogen) atoms. The number of hydrogen-bond donors (Lipinski definition) is 1. The van der Waals surface area contributed by atoms with Gasteiger partial charge in [-0.25, -0.2) is 9.69 Å². The molecule has 2 aliphatic rings. The molecule has 9 nitrogen and oxygen atoms in total. The third kappa shape index (κ3) is 2.94. The molecular formula is C17H15N3O6. The zero-order chi connectivity index (χ0) is 19.1. The van der Waals surface area contributed by atoms with Gasteiger partial charge in [-0.3, -0.25) is 9.59 Å². The lowest BCUT2D eigenvalue weighted by atomic mass is 10.2. The summed E-state index contributed by atoms with van der Waals surface area (Å²) in [5, 5.41) is 17.0. The zero-order valence-electron chi connectivity index (χ0n) is 14.2. The molecule has 134 valence electrons. The standard InChI is InChI=1S/C17H15N3O6/c1-9-11(14(22)20(13(9)21)10-7-5-4-6-8-10)18-19-12-15(23)25-17(2,3)26-16(12)24/h4-8,23H,1-3H3. The number of carbonyl (C=O) groups excluding carboxylic acids is 3. The van der Waals surface area contributed by atoms with E-state index in [1.807, 2.05) is 0 Å². The predicted octanol–water partition coefficient (Wildman–Crippen LogP) is 2.32. The number of ether oxygens (including phenoxy) is 2. The summed E-state index contributed by atoms with van der Waals surface area (Å²) in [6, 6.07) is 8.33. The van der Waals surface area contributed by atoms with Gasteiger partial charge in [0.1, 0.15) is 0 Å². The molecule has 0 saturated carbocycles. The van der Waals surface area contributed by atoms with Crippen molar-refractivity contribution < 1.29 is 29.0 Å². The van der Waals surface area contributed by atoms with Crippen LogP contribution in [-0.4, -0.2) is 28.7 Å². The number of aliphatic hydroxyl groups excluding tert-OH is 1. The van der Waals surface area contributed by atoms with Crippen molar-refractivity contribution in [3.63, 3.8) is 0 Å². The maximum Gasteiger partial charge on any atom is 0.369 e. The average Bonchev–Trinajstić information content (AvgIpc) is 2.77. The van der Waals surface area contributed by atoms with Gasteiger partial charge in [-0.1, -0.05) is 18.2 Å². The van der Waals surface area contributed by atoms with Gasteiger partial charge in [0.15, 0.2) is 5.70 Å². The molecular weight excluding hydrogens is 342 g/mol. The fourth-order valence-electron chi connectivity index (χ4n) is 2.40. The highest BCUT2D eigenvalue weighted by atomic mass is 16.8. The van der Waals surface area contributed by atoms with Crippen molar-refractivity contribution in [2.45, 2.75) is 26.6 Å². The molecule has 2 heterocycles. The van der Waals surface area contributed by atoms with E-state index in [1.54, 1.807) is 30.3 Å². The number of rotatable bonds is 3. The van der Waals surface area contributed by atoms with Crippen LogP contribution in [0, 0.1) is 0 Å².